The quantitative estimate of drug-likeness (QED) is 0.158. The molecular weight excluding hydrogens is 541 g/mol. The summed E-state index contributed by atoms with van der Waals surface area (Å²) in [6.45, 7) is 0. The highest BCUT2D eigenvalue weighted by Gasteiger charge is 2.16. The van der Waals surface area contributed by atoms with E-state index >= 15 is 0 Å². The Morgan fingerprint density at radius 3 is 1.93 bits per heavy atom. The van der Waals surface area contributed by atoms with Crippen LogP contribution in [0.25, 0.3) is 86.4 Å². The number of fused-ring (bicyclic) bond motifs is 7. The minimum Gasteiger partial charge on any atom is -0.228 e. The summed E-state index contributed by atoms with van der Waals surface area (Å²) in [4.78, 5) is 10.4. The van der Waals surface area contributed by atoms with E-state index in [2.05, 4.69) is 127 Å². The number of thiophene rings is 1. The largest absolute Gasteiger partial charge is 0.228 e. The highest BCUT2D eigenvalue weighted by molar-refractivity contribution is 7.26. The molecule has 0 N–H and O–H groups in total. The predicted octanol–water partition coefficient (Wildman–Crippen LogP) is 11.3. The fraction of sp³-hybridized carbons (Fsp3) is 0. The van der Waals surface area contributed by atoms with Gasteiger partial charge in [-0.15, -0.1) is 11.3 Å². The first kappa shape index (κ1) is 24.2. The van der Waals surface area contributed by atoms with Crippen LogP contribution < -0.4 is 0 Å². The Kier molecular flexibility index (Phi) is 5.40. The normalized spacial score (nSPS) is 11.7. The predicted molar refractivity (Wildman–Crippen MR) is 184 cm³/mol. The van der Waals surface area contributed by atoms with Crippen LogP contribution in [0.1, 0.15) is 0 Å². The Bertz CT molecular complexity index is 2510. The molecule has 7 aromatic carbocycles. The van der Waals surface area contributed by atoms with Crippen molar-refractivity contribution in [1.82, 2.24) is 9.97 Å². The first-order valence-electron chi connectivity index (χ1n) is 14.5. The van der Waals surface area contributed by atoms with E-state index in [0.717, 1.165) is 33.9 Å². The van der Waals surface area contributed by atoms with Gasteiger partial charge >= 0.3 is 0 Å². The lowest BCUT2D eigenvalue weighted by molar-refractivity contribution is 1.19. The minimum absolute atomic E-state index is 0.731. The van der Waals surface area contributed by atoms with Crippen molar-refractivity contribution < 1.29 is 0 Å². The van der Waals surface area contributed by atoms with E-state index in [-0.39, 0.29) is 0 Å². The van der Waals surface area contributed by atoms with E-state index in [4.69, 9.17) is 9.97 Å². The molecule has 2 heterocycles. The molecule has 2 nitrogen and oxygen atoms in total. The molecule has 9 rings (SSSR count). The maximum Gasteiger partial charge on any atom is 0.160 e. The van der Waals surface area contributed by atoms with Crippen molar-refractivity contribution in [2.24, 2.45) is 0 Å². The molecule has 3 heteroatoms. The highest BCUT2D eigenvalue weighted by Crippen LogP contribution is 2.41. The van der Waals surface area contributed by atoms with Crippen molar-refractivity contribution in [2.45, 2.75) is 0 Å². The monoisotopic (exact) mass is 564 g/mol. The molecule has 0 saturated carbocycles. The van der Waals surface area contributed by atoms with E-state index in [1.165, 1.54) is 52.5 Å². The summed E-state index contributed by atoms with van der Waals surface area (Å²) in [5.41, 5.74) is 5.11. The maximum absolute atomic E-state index is 5.19. The molecule has 0 bridgehead atoms. The van der Waals surface area contributed by atoms with Gasteiger partial charge in [0.25, 0.3) is 0 Å². The van der Waals surface area contributed by atoms with E-state index in [9.17, 15) is 0 Å². The van der Waals surface area contributed by atoms with E-state index in [0.29, 0.717) is 0 Å². The van der Waals surface area contributed by atoms with E-state index < -0.39 is 0 Å². The Hall–Kier alpha value is -5.38. The van der Waals surface area contributed by atoms with Gasteiger partial charge < -0.3 is 0 Å². The third kappa shape index (κ3) is 3.93. The van der Waals surface area contributed by atoms with Gasteiger partial charge in [0, 0.05) is 36.9 Å². The van der Waals surface area contributed by atoms with Crippen LogP contribution >= 0.6 is 11.3 Å². The second-order valence-electron chi connectivity index (χ2n) is 11.0. The zero-order valence-electron chi connectivity index (χ0n) is 23.2. The van der Waals surface area contributed by atoms with Gasteiger partial charge in [-0.3, -0.25) is 0 Å². The molecule has 200 valence electrons. The van der Waals surface area contributed by atoms with Crippen molar-refractivity contribution in [3.05, 3.63) is 146 Å². The van der Waals surface area contributed by atoms with Crippen molar-refractivity contribution in [2.75, 3.05) is 0 Å². The zero-order valence-corrected chi connectivity index (χ0v) is 24.0. The van der Waals surface area contributed by atoms with E-state index in [1.807, 2.05) is 29.5 Å². The molecule has 0 fully saturated rings. The molecule has 0 spiro atoms. The third-order valence-corrected chi connectivity index (χ3v) is 9.68. The van der Waals surface area contributed by atoms with Gasteiger partial charge in [0.2, 0.25) is 0 Å². The first-order valence-corrected chi connectivity index (χ1v) is 15.3. The number of hydrogen-bond acceptors (Lipinski definition) is 3. The maximum atomic E-state index is 5.19. The van der Waals surface area contributed by atoms with Crippen LogP contribution in [0.3, 0.4) is 0 Å². The van der Waals surface area contributed by atoms with Crippen molar-refractivity contribution >= 4 is 63.8 Å². The topological polar surface area (TPSA) is 25.8 Å². The molecule has 0 amide bonds. The summed E-state index contributed by atoms with van der Waals surface area (Å²) >= 11 is 1.83. The summed E-state index contributed by atoms with van der Waals surface area (Å²) in [7, 11) is 0. The van der Waals surface area contributed by atoms with Crippen LogP contribution in [0.2, 0.25) is 0 Å². The minimum atomic E-state index is 0.731. The van der Waals surface area contributed by atoms with Gasteiger partial charge in [-0.25, -0.2) is 9.97 Å². The summed E-state index contributed by atoms with van der Waals surface area (Å²) in [6, 6.07) is 51.9. The lowest BCUT2D eigenvalue weighted by Crippen LogP contribution is -1.96. The van der Waals surface area contributed by atoms with Gasteiger partial charge in [-0.05, 0) is 56.6 Å². The second-order valence-corrected chi connectivity index (χ2v) is 12.0. The van der Waals surface area contributed by atoms with Crippen LogP contribution in [0.4, 0.5) is 0 Å². The molecule has 43 heavy (non-hydrogen) atoms. The lowest BCUT2D eigenvalue weighted by Gasteiger charge is -2.13. The third-order valence-electron chi connectivity index (χ3n) is 8.46. The molecule has 0 radical (unpaired) electrons. The fourth-order valence-electron chi connectivity index (χ4n) is 6.39. The van der Waals surface area contributed by atoms with E-state index in [1.54, 1.807) is 0 Å². The van der Waals surface area contributed by atoms with Crippen LogP contribution in [0.5, 0.6) is 0 Å². The SMILES string of the molecule is c1ccc(-c2nc(-c3cccc4c3ccc3cc5ccccc5cc34)cc(-c3cccc4c3sc3ccccc34)n2)cc1. The molecule has 0 saturated heterocycles. The number of aromatic nitrogens is 2. The smallest absolute Gasteiger partial charge is 0.160 e. The Morgan fingerprint density at radius 1 is 0.395 bits per heavy atom. The Labute approximate surface area is 252 Å². The number of rotatable bonds is 3. The van der Waals surface area contributed by atoms with Crippen LogP contribution in [-0.4, -0.2) is 9.97 Å². The lowest BCUT2D eigenvalue weighted by atomic mass is 9.94. The summed E-state index contributed by atoms with van der Waals surface area (Å²) in [5.74, 6) is 0.731. The van der Waals surface area contributed by atoms with Crippen molar-refractivity contribution in [1.29, 1.82) is 0 Å². The standard InChI is InChI=1S/C40H24N2S/c1-2-10-25(11-3-1)40-41-36(24-37(42-40)34-18-9-17-33-32-14-6-7-19-38(32)43-39(33)34)31-16-8-15-29-30(31)21-20-28-22-26-12-4-5-13-27(26)23-35(28)29/h1-24H. The fourth-order valence-corrected chi connectivity index (χ4v) is 7.62. The zero-order chi connectivity index (χ0) is 28.3. The molecular formula is C40H24N2S. The molecule has 0 aliphatic carbocycles. The first-order chi connectivity index (χ1) is 21.3. The molecule has 0 unspecified atom stereocenters. The van der Waals surface area contributed by atoms with Gasteiger partial charge in [-0.1, -0.05) is 121 Å². The molecule has 0 atom stereocenters. The Morgan fingerprint density at radius 2 is 1.07 bits per heavy atom. The average molecular weight is 565 g/mol. The van der Waals surface area contributed by atoms with Crippen LogP contribution in [0, 0.1) is 0 Å². The number of benzene rings is 7. The molecule has 9 aromatic rings. The van der Waals surface area contributed by atoms with Gasteiger partial charge in [0.1, 0.15) is 0 Å². The summed E-state index contributed by atoms with van der Waals surface area (Å²) in [5, 5.41) is 9.98. The van der Waals surface area contributed by atoms with Crippen LogP contribution in [-0.2, 0) is 0 Å². The average Bonchev–Trinajstić information content (AvgIpc) is 3.46. The molecule has 2 aromatic heterocycles. The Balaban J connectivity index is 1.32. The molecule has 0 aliphatic rings. The van der Waals surface area contributed by atoms with Gasteiger partial charge in [0.15, 0.2) is 5.82 Å². The summed E-state index contributed by atoms with van der Waals surface area (Å²) in [6.07, 6.45) is 0. The van der Waals surface area contributed by atoms with Crippen molar-refractivity contribution in [3.63, 3.8) is 0 Å². The van der Waals surface area contributed by atoms with Gasteiger partial charge in [0.05, 0.1) is 11.4 Å². The van der Waals surface area contributed by atoms with Crippen molar-refractivity contribution in [3.8, 4) is 33.9 Å². The number of hydrogen-bond donors (Lipinski definition) is 0. The second kappa shape index (κ2) is 9.59. The highest BCUT2D eigenvalue weighted by atomic mass is 32.1. The van der Waals surface area contributed by atoms with Crippen LogP contribution in [0.15, 0.2) is 146 Å². The summed E-state index contributed by atoms with van der Waals surface area (Å²) < 4.78 is 2.54. The van der Waals surface area contributed by atoms with Gasteiger partial charge in [-0.2, -0.15) is 0 Å². The molecule has 0 aliphatic heterocycles. The number of nitrogens with zero attached hydrogens (tertiary/aromatic N) is 2.